The molecule has 0 aliphatic heterocycles. The molecule has 0 saturated carbocycles. The number of benzene rings is 2. The number of ether oxygens (including phenoxy) is 1. The van der Waals surface area contributed by atoms with Gasteiger partial charge in [-0.1, -0.05) is 56.8 Å². The molecule has 0 aliphatic rings. The van der Waals surface area contributed by atoms with Crippen molar-refractivity contribution in [2.24, 2.45) is 0 Å². The van der Waals surface area contributed by atoms with Gasteiger partial charge < -0.3 is 4.74 Å². The van der Waals surface area contributed by atoms with Crippen molar-refractivity contribution in [3.8, 4) is 5.75 Å². The topological polar surface area (TPSA) is 9.23 Å². The van der Waals surface area contributed by atoms with Crippen LogP contribution >= 0.6 is 50.7 Å². The van der Waals surface area contributed by atoms with Crippen LogP contribution in [0.15, 0.2) is 40.9 Å². The summed E-state index contributed by atoms with van der Waals surface area (Å²) in [4.78, 5) is 0. The van der Waals surface area contributed by atoms with Gasteiger partial charge in [0, 0.05) is 20.1 Å². The highest BCUT2D eigenvalue weighted by Crippen LogP contribution is 2.29. The van der Waals surface area contributed by atoms with Crippen molar-refractivity contribution in [2.75, 3.05) is 0 Å². The third-order valence-electron chi connectivity index (χ3n) is 2.29. The van der Waals surface area contributed by atoms with Crippen LogP contribution in [0.3, 0.4) is 0 Å². The molecule has 0 spiro atoms. The lowest BCUT2D eigenvalue weighted by Crippen LogP contribution is -1.96. The summed E-state index contributed by atoms with van der Waals surface area (Å²) in [5, 5.41) is 1.74. The molecule has 2 rings (SSSR count). The predicted octanol–water partition coefficient (Wildman–Crippen LogP) is 5.99. The summed E-state index contributed by atoms with van der Waals surface area (Å²) in [5.74, 6) is 0.608. The van der Waals surface area contributed by atoms with E-state index in [-0.39, 0.29) is 0 Å². The Morgan fingerprint density at radius 2 is 1.72 bits per heavy atom. The first-order chi connectivity index (χ1) is 8.56. The molecule has 0 atom stereocenters. The van der Waals surface area contributed by atoms with Crippen LogP contribution in [-0.2, 0) is 6.61 Å². The lowest BCUT2D eigenvalue weighted by molar-refractivity contribution is 0.306. The SMILES string of the molecule is Clc1ccc(COc2cc(Br)ccc2Cl)c(Cl)c1. The van der Waals surface area contributed by atoms with Crippen molar-refractivity contribution in [1.82, 2.24) is 0 Å². The van der Waals surface area contributed by atoms with E-state index in [2.05, 4.69) is 15.9 Å². The first-order valence-corrected chi connectivity index (χ1v) is 7.01. The second kappa shape index (κ2) is 6.16. The quantitative estimate of drug-likeness (QED) is 0.648. The third kappa shape index (κ3) is 3.55. The van der Waals surface area contributed by atoms with Gasteiger partial charge in [-0.3, -0.25) is 0 Å². The van der Waals surface area contributed by atoms with Gasteiger partial charge in [-0.15, -0.1) is 0 Å². The van der Waals surface area contributed by atoms with Crippen LogP contribution in [0, 0.1) is 0 Å². The van der Waals surface area contributed by atoms with Gasteiger partial charge in [-0.25, -0.2) is 0 Å². The lowest BCUT2D eigenvalue weighted by atomic mass is 10.2. The fourth-order valence-electron chi connectivity index (χ4n) is 1.38. The number of hydrogen-bond acceptors (Lipinski definition) is 1. The van der Waals surface area contributed by atoms with Crippen LogP contribution in [0.2, 0.25) is 15.1 Å². The molecule has 0 aromatic heterocycles. The Morgan fingerprint density at radius 1 is 0.944 bits per heavy atom. The molecule has 0 fully saturated rings. The highest BCUT2D eigenvalue weighted by molar-refractivity contribution is 9.10. The van der Waals surface area contributed by atoms with Crippen LogP contribution in [0.5, 0.6) is 5.75 Å². The van der Waals surface area contributed by atoms with Crippen LogP contribution < -0.4 is 4.74 Å². The van der Waals surface area contributed by atoms with Gasteiger partial charge in [0.15, 0.2) is 0 Å². The molecule has 94 valence electrons. The van der Waals surface area contributed by atoms with E-state index in [0.29, 0.717) is 27.4 Å². The summed E-state index contributed by atoms with van der Waals surface area (Å²) in [6.07, 6.45) is 0. The van der Waals surface area contributed by atoms with E-state index in [1.807, 2.05) is 18.2 Å². The average Bonchev–Trinajstić information content (AvgIpc) is 2.32. The van der Waals surface area contributed by atoms with Crippen molar-refractivity contribution < 1.29 is 4.74 Å². The average molecular weight is 366 g/mol. The zero-order valence-corrected chi connectivity index (χ0v) is 12.9. The standard InChI is InChI=1S/C13H8BrCl3O/c14-9-2-4-11(16)13(5-9)18-7-8-1-3-10(15)6-12(8)17/h1-6H,7H2. The smallest absolute Gasteiger partial charge is 0.139 e. The van der Waals surface area contributed by atoms with E-state index >= 15 is 0 Å². The van der Waals surface area contributed by atoms with E-state index in [4.69, 9.17) is 39.5 Å². The summed E-state index contributed by atoms with van der Waals surface area (Å²) >= 11 is 21.3. The zero-order chi connectivity index (χ0) is 13.1. The third-order valence-corrected chi connectivity index (χ3v) is 3.68. The van der Waals surface area contributed by atoms with E-state index < -0.39 is 0 Å². The molecule has 2 aromatic rings. The lowest BCUT2D eigenvalue weighted by Gasteiger charge is -2.09. The van der Waals surface area contributed by atoms with Crippen LogP contribution in [0.25, 0.3) is 0 Å². The fraction of sp³-hybridized carbons (Fsp3) is 0.0769. The first kappa shape index (κ1) is 14.0. The summed E-state index contributed by atoms with van der Waals surface area (Å²) < 4.78 is 6.54. The van der Waals surface area contributed by atoms with Crippen LogP contribution in [0.4, 0.5) is 0 Å². The van der Waals surface area contributed by atoms with Crippen LogP contribution in [-0.4, -0.2) is 0 Å². The minimum absolute atomic E-state index is 0.339. The second-order valence-electron chi connectivity index (χ2n) is 3.60. The molecule has 0 amide bonds. The van der Waals surface area contributed by atoms with Gasteiger partial charge in [-0.05, 0) is 30.3 Å². The van der Waals surface area contributed by atoms with Crippen molar-refractivity contribution in [3.05, 3.63) is 61.5 Å². The minimum Gasteiger partial charge on any atom is -0.487 e. The summed E-state index contributed by atoms with van der Waals surface area (Å²) in [6.45, 7) is 0.339. The maximum Gasteiger partial charge on any atom is 0.139 e. The molecule has 18 heavy (non-hydrogen) atoms. The van der Waals surface area contributed by atoms with E-state index in [1.54, 1.807) is 18.2 Å². The largest absolute Gasteiger partial charge is 0.487 e. The Hall–Kier alpha value is -0.410. The van der Waals surface area contributed by atoms with Crippen molar-refractivity contribution in [1.29, 1.82) is 0 Å². The number of hydrogen-bond donors (Lipinski definition) is 0. The molecule has 0 bridgehead atoms. The molecule has 0 N–H and O–H groups in total. The van der Waals surface area contributed by atoms with E-state index in [9.17, 15) is 0 Å². The molecule has 0 aliphatic carbocycles. The van der Waals surface area contributed by atoms with Gasteiger partial charge in [0.05, 0.1) is 5.02 Å². The highest BCUT2D eigenvalue weighted by Gasteiger charge is 2.05. The van der Waals surface area contributed by atoms with E-state index in [0.717, 1.165) is 10.0 Å². The van der Waals surface area contributed by atoms with Crippen LogP contribution in [0.1, 0.15) is 5.56 Å². The Morgan fingerprint density at radius 3 is 2.44 bits per heavy atom. The molecule has 0 saturated heterocycles. The number of rotatable bonds is 3. The maximum absolute atomic E-state index is 6.06. The van der Waals surface area contributed by atoms with Crippen molar-refractivity contribution >= 4 is 50.7 Å². The molecule has 5 heteroatoms. The fourth-order valence-corrected chi connectivity index (χ4v) is 2.36. The Labute approximate surface area is 129 Å². The molecule has 0 radical (unpaired) electrons. The Bertz CT molecular complexity index is 572. The van der Waals surface area contributed by atoms with Gasteiger partial charge in [0.2, 0.25) is 0 Å². The molecule has 0 heterocycles. The molecule has 2 aromatic carbocycles. The number of halogens is 4. The first-order valence-electron chi connectivity index (χ1n) is 5.08. The maximum atomic E-state index is 6.06. The summed E-state index contributed by atoms with van der Waals surface area (Å²) in [7, 11) is 0. The van der Waals surface area contributed by atoms with Gasteiger partial charge in [-0.2, -0.15) is 0 Å². The van der Waals surface area contributed by atoms with Crippen molar-refractivity contribution in [2.45, 2.75) is 6.61 Å². The van der Waals surface area contributed by atoms with Gasteiger partial charge in [0.1, 0.15) is 12.4 Å². The second-order valence-corrected chi connectivity index (χ2v) is 5.77. The van der Waals surface area contributed by atoms with Gasteiger partial charge in [0.25, 0.3) is 0 Å². The molecular formula is C13H8BrCl3O. The normalized spacial score (nSPS) is 10.4. The van der Waals surface area contributed by atoms with E-state index in [1.165, 1.54) is 0 Å². The molecular weight excluding hydrogens is 358 g/mol. The Balaban J connectivity index is 2.13. The highest BCUT2D eigenvalue weighted by atomic mass is 79.9. The van der Waals surface area contributed by atoms with Gasteiger partial charge >= 0.3 is 0 Å². The summed E-state index contributed by atoms with van der Waals surface area (Å²) in [5.41, 5.74) is 0.858. The predicted molar refractivity (Wildman–Crippen MR) is 79.9 cm³/mol. The molecule has 0 unspecified atom stereocenters. The molecule has 1 nitrogen and oxygen atoms in total. The summed E-state index contributed by atoms with van der Waals surface area (Å²) in [6, 6.07) is 10.7. The Kier molecular flexibility index (Phi) is 4.79. The monoisotopic (exact) mass is 364 g/mol. The zero-order valence-electron chi connectivity index (χ0n) is 9.09. The minimum atomic E-state index is 0.339. The van der Waals surface area contributed by atoms with Crippen molar-refractivity contribution in [3.63, 3.8) is 0 Å².